The number of nitrogens with one attached hydrogen (secondary N) is 1. The largest absolute Gasteiger partial charge is 0.433 e. The van der Waals surface area contributed by atoms with Gasteiger partial charge in [0, 0.05) is 23.1 Å². The number of carbonyl (C=O) groups excluding carboxylic acids is 1. The monoisotopic (exact) mass is 408 g/mol. The number of amides is 1. The predicted octanol–water partition coefficient (Wildman–Crippen LogP) is 4.69. The molecular weight excluding hydrogens is 397 g/mol. The van der Waals surface area contributed by atoms with Crippen molar-refractivity contribution >= 4 is 28.1 Å². The Bertz CT molecular complexity index is 1070. The average Bonchev–Trinajstić information content (AvgIpc) is 3.09. The van der Waals surface area contributed by atoms with E-state index in [9.17, 15) is 28.1 Å². The van der Waals surface area contributed by atoms with E-state index in [1.807, 2.05) is 0 Å². The van der Waals surface area contributed by atoms with Crippen LogP contribution in [0.1, 0.15) is 21.7 Å². The van der Waals surface area contributed by atoms with Gasteiger partial charge in [-0.1, -0.05) is 12.1 Å². The number of nitrogens with zero attached hydrogens (tertiary/aromatic N) is 3. The van der Waals surface area contributed by atoms with Gasteiger partial charge < -0.3 is 0 Å². The number of hydrogen-bond acceptors (Lipinski definition) is 6. The van der Waals surface area contributed by atoms with E-state index in [2.05, 4.69) is 15.3 Å². The molecule has 0 aliphatic heterocycles. The number of thiazole rings is 1. The fraction of sp³-hybridized carbons (Fsp3) is 0.118. The summed E-state index contributed by atoms with van der Waals surface area (Å²) in [5.41, 5.74) is -0.334. The lowest BCUT2D eigenvalue weighted by Crippen LogP contribution is -2.16. The number of aryl methyl sites for hydroxylation is 1. The molecule has 2 heterocycles. The topological polar surface area (TPSA) is 98.0 Å². The first-order valence-electron chi connectivity index (χ1n) is 7.71. The summed E-state index contributed by atoms with van der Waals surface area (Å²) in [6, 6.07) is 7.64. The van der Waals surface area contributed by atoms with Gasteiger partial charge in [0.25, 0.3) is 11.6 Å². The van der Waals surface area contributed by atoms with Gasteiger partial charge in [-0.25, -0.2) is 9.97 Å². The Labute approximate surface area is 160 Å². The van der Waals surface area contributed by atoms with Crippen molar-refractivity contribution in [1.82, 2.24) is 9.97 Å². The molecule has 1 aromatic carbocycles. The first kappa shape index (κ1) is 19.4. The SMILES string of the molecule is Cc1nc(C(F)(F)F)ccc1C(=O)Nc1nc(-c2cccc([N+](=O)[O-])c2)cs1. The van der Waals surface area contributed by atoms with E-state index in [1.54, 1.807) is 11.4 Å². The number of alkyl halides is 3. The van der Waals surface area contributed by atoms with Crippen LogP contribution in [0, 0.1) is 17.0 Å². The van der Waals surface area contributed by atoms with Gasteiger partial charge in [-0.2, -0.15) is 13.2 Å². The molecule has 1 N–H and O–H groups in total. The first-order chi connectivity index (χ1) is 13.1. The van der Waals surface area contributed by atoms with Crippen LogP contribution in [0.5, 0.6) is 0 Å². The highest BCUT2D eigenvalue weighted by Crippen LogP contribution is 2.29. The molecule has 0 bridgehead atoms. The molecule has 144 valence electrons. The quantitative estimate of drug-likeness (QED) is 0.499. The molecule has 0 aliphatic rings. The Hall–Kier alpha value is -3.34. The molecule has 1 amide bonds. The summed E-state index contributed by atoms with van der Waals surface area (Å²) in [7, 11) is 0. The molecule has 3 rings (SSSR count). The minimum absolute atomic E-state index is 0.0138. The third-order valence-electron chi connectivity index (χ3n) is 3.70. The van der Waals surface area contributed by atoms with Crippen LogP contribution in [0.3, 0.4) is 0 Å². The number of pyridine rings is 1. The second-order valence-corrected chi connectivity index (χ2v) is 6.48. The van der Waals surface area contributed by atoms with E-state index >= 15 is 0 Å². The average molecular weight is 408 g/mol. The van der Waals surface area contributed by atoms with E-state index in [1.165, 1.54) is 25.1 Å². The lowest BCUT2D eigenvalue weighted by molar-refractivity contribution is -0.384. The predicted molar refractivity (Wildman–Crippen MR) is 96.1 cm³/mol. The van der Waals surface area contributed by atoms with Crippen LogP contribution >= 0.6 is 11.3 Å². The number of rotatable bonds is 4. The summed E-state index contributed by atoms with van der Waals surface area (Å²) < 4.78 is 38.0. The maximum Gasteiger partial charge on any atom is 0.433 e. The van der Waals surface area contributed by atoms with E-state index < -0.39 is 22.7 Å². The van der Waals surface area contributed by atoms with Crippen LogP contribution in [-0.2, 0) is 6.18 Å². The third-order valence-corrected chi connectivity index (χ3v) is 4.46. The summed E-state index contributed by atoms with van der Waals surface area (Å²) >= 11 is 1.08. The summed E-state index contributed by atoms with van der Waals surface area (Å²) in [5, 5.41) is 15.2. The molecule has 0 saturated heterocycles. The number of carbonyl (C=O) groups is 1. The second-order valence-electron chi connectivity index (χ2n) is 5.63. The molecule has 0 unspecified atom stereocenters. The molecule has 0 radical (unpaired) electrons. The van der Waals surface area contributed by atoms with Crippen molar-refractivity contribution in [2.75, 3.05) is 5.32 Å². The summed E-state index contributed by atoms with van der Waals surface area (Å²) in [4.78, 5) is 30.3. The number of halogens is 3. The number of benzene rings is 1. The second kappa shape index (κ2) is 7.35. The van der Waals surface area contributed by atoms with Gasteiger partial charge in [0.1, 0.15) is 5.69 Å². The number of aromatic nitrogens is 2. The number of nitro groups is 1. The van der Waals surface area contributed by atoms with Crippen LogP contribution in [0.2, 0.25) is 0 Å². The zero-order chi connectivity index (χ0) is 20.5. The fourth-order valence-corrected chi connectivity index (χ4v) is 3.08. The maximum atomic E-state index is 12.7. The highest BCUT2D eigenvalue weighted by atomic mass is 32.1. The summed E-state index contributed by atoms with van der Waals surface area (Å²) in [6.07, 6.45) is -4.59. The molecule has 7 nitrogen and oxygen atoms in total. The number of non-ortho nitro benzene ring substituents is 1. The minimum Gasteiger partial charge on any atom is -0.298 e. The Morgan fingerprint density at radius 1 is 1.21 bits per heavy atom. The molecule has 2 aromatic heterocycles. The van der Waals surface area contributed by atoms with Crippen molar-refractivity contribution in [3.8, 4) is 11.3 Å². The summed E-state index contributed by atoms with van der Waals surface area (Å²) in [6.45, 7) is 1.31. The zero-order valence-corrected chi connectivity index (χ0v) is 15.0. The van der Waals surface area contributed by atoms with Gasteiger partial charge in [-0.15, -0.1) is 11.3 Å². The normalized spacial score (nSPS) is 11.3. The van der Waals surface area contributed by atoms with Crippen LogP contribution < -0.4 is 5.32 Å². The van der Waals surface area contributed by atoms with Gasteiger partial charge in [0.15, 0.2) is 5.13 Å². The smallest absolute Gasteiger partial charge is 0.298 e. The van der Waals surface area contributed by atoms with Crippen molar-refractivity contribution < 1.29 is 22.9 Å². The van der Waals surface area contributed by atoms with Gasteiger partial charge in [-0.3, -0.25) is 20.2 Å². The lowest BCUT2D eigenvalue weighted by Gasteiger charge is -2.09. The van der Waals surface area contributed by atoms with Crippen LogP contribution in [0.4, 0.5) is 24.0 Å². The van der Waals surface area contributed by atoms with Crippen molar-refractivity contribution in [3.63, 3.8) is 0 Å². The number of hydrogen-bond donors (Lipinski definition) is 1. The molecule has 3 aromatic rings. The molecule has 28 heavy (non-hydrogen) atoms. The maximum absolute atomic E-state index is 12.7. The van der Waals surface area contributed by atoms with Crippen LogP contribution in [-0.4, -0.2) is 20.8 Å². The van der Waals surface area contributed by atoms with Crippen molar-refractivity contribution in [1.29, 1.82) is 0 Å². The van der Waals surface area contributed by atoms with Crippen LogP contribution in [0.25, 0.3) is 11.3 Å². The number of anilines is 1. The molecule has 0 aliphatic carbocycles. The first-order valence-corrected chi connectivity index (χ1v) is 8.59. The molecular formula is C17H11F3N4O3S. The third kappa shape index (κ3) is 4.14. The van der Waals surface area contributed by atoms with E-state index in [0.717, 1.165) is 23.5 Å². The zero-order valence-electron chi connectivity index (χ0n) is 14.1. The van der Waals surface area contributed by atoms with Crippen molar-refractivity contribution in [3.05, 3.63) is 68.8 Å². The Morgan fingerprint density at radius 2 is 1.96 bits per heavy atom. The van der Waals surface area contributed by atoms with E-state index in [4.69, 9.17) is 0 Å². The lowest BCUT2D eigenvalue weighted by atomic mass is 10.1. The highest BCUT2D eigenvalue weighted by molar-refractivity contribution is 7.14. The standard InChI is InChI=1S/C17H11F3N4O3S/c1-9-12(5-6-14(21-9)17(18,19)20)15(25)23-16-22-13(8-28-16)10-3-2-4-11(7-10)24(26)27/h2-8H,1H3,(H,22,23,25). The Morgan fingerprint density at radius 3 is 2.61 bits per heavy atom. The minimum atomic E-state index is -4.59. The molecule has 11 heteroatoms. The molecule has 0 spiro atoms. The number of nitro benzene ring substituents is 1. The molecule has 0 atom stereocenters. The Kier molecular flexibility index (Phi) is 5.10. The van der Waals surface area contributed by atoms with E-state index in [-0.39, 0.29) is 22.1 Å². The van der Waals surface area contributed by atoms with Crippen LogP contribution in [0.15, 0.2) is 41.8 Å². The van der Waals surface area contributed by atoms with Crippen molar-refractivity contribution in [2.45, 2.75) is 13.1 Å². The van der Waals surface area contributed by atoms with E-state index in [0.29, 0.717) is 11.3 Å². The Balaban J connectivity index is 1.79. The van der Waals surface area contributed by atoms with Gasteiger partial charge in [-0.05, 0) is 19.1 Å². The van der Waals surface area contributed by atoms with Crippen molar-refractivity contribution in [2.24, 2.45) is 0 Å². The molecule has 0 saturated carbocycles. The van der Waals surface area contributed by atoms with Gasteiger partial charge >= 0.3 is 6.18 Å². The summed E-state index contributed by atoms with van der Waals surface area (Å²) in [5.74, 6) is -0.654. The van der Waals surface area contributed by atoms with Gasteiger partial charge in [0.05, 0.1) is 21.9 Å². The highest BCUT2D eigenvalue weighted by Gasteiger charge is 2.33. The van der Waals surface area contributed by atoms with Gasteiger partial charge in [0.2, 0.25) is 0 Å². The fourth-order valence-electron chi connectivity index (χ4n) is 2.37. The molecule has 0 fully saturated rings.